The van der Waals surface area contributed by atoms with Gasteiger partial charge in [-0.15, -0.1) is 0 Å². The SMILES string of the molecule is COc1cc(O)cc(OC)c1C=CS(=O)(=O)C=S(=O)=O. The molecule has 0 amide bonds. The first-order valence-corrected chi connectivity index (χ1v) is 7.85. The number of benzene rings is 1. The van der Waals surface area contributed by atoms with Gasteiger partial charge in [0.2, 0.25) is 20.1 Å². The molecule has 20 heavy (non-hydrogen) atoms. The molecule has 0 aromatic heterocycles. The van der Waals surface area contributed by atoms with Crippen LogP contribution < -0.4 is 9.47 Å². The van der Waals surface area contributed by atoms with Crippen LogP contribution in [-0.2, 0) is 20.1 Å². The topological polar surface area (TPSA) is 107 Å². The number of sulfone groups is 1. The third kappa shape index (κ3) is 4.28. The van der Waals surface area contributed by atoms with Crippen molar-refractivity contribution in [1.29, 1.82) is 0 Å². The van der Waals surface area contributed by atoms with Gasteiger partial charge >= 0.3 is 0 Å². The van der Waals surface area contributed by atoms with E-state index in [4.69, 9.17) is 9.47 Å². The quantitative estimate of drug-likeness (QED) is 0.784. The normalized spacial score (nSPS) is 11.3. The van der Waals surface area contributed by atoms with Crippen molar-refractivity contribution >= 4 is 30.9 Å². The van der Waals surface area contributed by atoms with Crippen LogP contribution in [0.25, 0.3) is 6.08 Å². The van der Waals surface area contributed by atoms with Crippen molar-refractivity contribution in [3.63, 3.8) is 0 Å². The summed E-state index contributed by atoms with van der Waals surface area (Å²) in [5, 5.41) is 10.1. The second-order valence-corrected chi connectivity index (χ2v) is 6.25. The molecule has 0 aliphatic heterocycles. The van der Waals surface area contributed by atoms with Gasteiger partial charge in [-0.2, -0.15) is 8.42 Å². The number of hydrogen-bond donors (Lipinski definition) is 1. The third-order valence-corrected chi connectivity index (χ3v) is 4.38. The first kappa shape index (κ1) is 16.1. The van der Waals surface area contributed by atoms with Crippen molar-refractivity contribution in [3.05, 3.63) is 23.1 Å². The molecule has 0 unspecified atom stereocenters. The van der Waals surface area contributed by atoms with E-state index in [-0.39, 0.29) is 27.5 Å². The molecular weight excluding hydrogens is 308 g/mol. The Bertz CT molecular complexity index is 725. The Morgan fingerprint density at radius 2 is 1.65 bits per heavy atom. The molecule has 0 atom stereocenters. The molecule has 7 nitrogen and oxygen atoms in total. The zero-order valence-electron chi connectivity index (χ0n) is 10.6. The van der Waals surface area contributed by atoms with E-state index >= 15 is 0 Å². The average Bonchev–Trinajstić information content (AvgIpc) is 2.34. The van der Waals surface area contributed by atoms with E-state index in [1.54, 1.807) is 0 Å². The molecule has 0 aliphatic rings. The molecule has 1 aromatic carbocycles. The van der Waals surface area contributed by atoms with Crippen LogP contribution in [-0.4, -0.2) is 40.9 Å². The predicted octanol–water partition coefficient (Wildman–Crippen LogP) is 0.434. The Morgan fingerprint density at radius 3 is 2.05 bits per heavy atom. The highest BCUT2D eigenvalue weighted by Gasteiger charge is 2.11. The summed E-state index contributed by atoms with van der Waals surface area (Å²) in [5.74, 6) is 0.235. The van der Waals surface area contributed by atoms with Crippen LogP contribution in [0.3, 0.4) is 0 Å². The minimum absolute atomic E-state index is 0.120. The number of phenols is 1. The van der Waals surface area contributed by atoms with Gasteiger partial charge in [-0.25, -0.2) is 8.42 Å². The Labute approximate surface area is 117 Å². The van der Waals surface area contributed by atoms with Crippen molar-refractivity contribution in [3.8, 4) is 17.2 Å². The zero-order valence-corrected chi connectivity index (χ0v) is 12.2. The van der Waals surface area contributed by atoms with Crippen LogP contribution in [0.2, 0.25) is 0 Å². The van der Waals surface area contributed by atoms with Gasteiger partial charge in [0, 0.05) is 17.5 Å². The fourth-order valence-corrected chi connectivity index (χ4v) is 2.85. The Morgan fingerprint density at radius 1 is 1.15 bits per heavy atom. The minimum Gasteiger partial charge on any atom is -0.508 e. The molecule has 0 heterocycles. The van der Waals surface area contributed by atoms with E-state index in [2.05, 4.69) is 0 Å². The first-order chi connectivity index (χ1) is 9.29. The van der Waals surface area contributed by atoms with Gasteiger partial charge in [-0.1, -0.05) is 0 Å². The Hall–Kier alpha value is -2.00. The van der Waals surface area contributed by atoms with Crippen LogP contribution in [0.1, 0.15) is 5.56 Å². The maximum Gasteiger partial charge on any atom is 0.226 e. The molecule has 0 saturated heterocycles. The summed E-state index contributed by atoms with van der Waals surface area (Å²) >= 11 is 0. The summed E-state index contributed by atoms with van der Waals surface area (Å²) in [6.45, 7) is 0. The van der Waals surface area contributed by atoms with E-state index < -0.39 is 20.1 Å². The fraction of sp³-hybridized carbons (Fsp3) is 0.182. The highest BCUT2D eigenvalue weighted by molar-refractivity contribution is 8.15. The van der Waals surface area contributed by atoms with Gasteiger partial charge in [-0.3, -0.25) is 0 Å². The summed E-state index contributed by atoms with van der Waals surface area (Å²) in [5.41, 5.74) is 0.251. The number of phenolic OH excluding ortho intramolecular Hbond substituents is 1. The molecule has 0 spiro atoms. The monoisotopic (exact) mass is 320 g/mol. The smallest absolute Gasteiger partial charge is 0.226 e. The Balaban J connectivity index is 3.38. The van der Waals surface area contributed by atoms with Crippen LogP contribution in [0, 0.1) is 0 Å². The second kappa shape index (κ2) is 6.44. The highest BCUT2D eigenvalue weighted by Crippen LogP contribution is 2.34. The lowest BCUT2D eigenvalue weighted by Gasteiger charge is -2.10. The summed E-state index contributed by atoms with van der Waals surface area (Å²) in [6, 6.07) is 2.54. The van der Waals surface area contributed by atoms with Crippen LogP contribution in [0.4, 0.5) is 0 Å². The molecule has 9 heteroatoms. The molecule has 0 saturated carbocycles. The molecular formula is C11H12O7S2. The molecule has 0 fully saturated rings. The van der Waals surface area contributed by atoms with Crippen LogP contribution >= 0.6 is 0 Å². The van der Waals surface area contributed by atoms with Gasteiger partial charge in [0.05, 0.1) is 19.8 Å². The zero-order chi connectivity index (χ0) is 15.3. The van der Waals surface area contributed by atoms with E-state index in [1.165, 1.54) is 26.4 Å². The molecule has 1 rings (SSSR count). The summed E-state index contributed by atoms with van der Waals surface area (Å²) in [4.78, 5) is 0. The number of methoxy groups -OCH3 is 2. The second-order valence-electron chi connectivity index (χ2n) is 3.51. The van der Waals surface area contributed by atoms with Crippen molar-refractivity contribution < 1.29 is 31.4 Å². The van der Waals surface area contributed by atoms with E-state index in [0.717, 1.165) is 6.08 Å². The standard InChI is InChI=1S/C11H12O7S2/c1-17-10-5-8(12)6-11(18-2)9(10)3-4-20(15,16)7-19(13)14/h3-7,12H,1-2H3. The molecule has 0 aliphatic carbocycles. The van der Waals surface area contributed by atoms with Crippen molar-refractivity contribution in [1.82, 2.24) is 0 Å². The lowest BCUT2D eigenvalue weighted by Crippen LogP contribution is -1.97. The number of hydrogen-bond acceptors (Lipinski definition) is 7. The Kier molecular flexibility index (Phi) is 5.17. The van der Waals surface area contributed by atoms with E-state index in [0.29, 0.717) is 5.41 Å². The summed E-state index contributed by atoms with van der Waals surface area (Å²) in [7, 11) is -4.19. The molecule has 0 radical (unpaired) electrons. The van der Waals surface area contributed by atoms with Crippen LogP contribution in [0.5, 0.6) is 17.2 Å². The molecule has 110 valence electrons. The van der Waals surface area contributed by atoms with Gasteiger partial charge in [0.1, 0.15) is 17.2 Å². The van der Waals surface area contributed by atoms with Gasteiger partial charge in [0.15, 0.2) is 4.70 Å². The lowest BCUT2D eigenvalue weighted by atomic mass is 10.1. The average molecular weight is 320 g/mol. The summed E-state index contributed by atoms with van der Waals surface area (Å²) < 4.78 is 53.7. The number of ether oxygens (including phenoxy) is 2. The minimum atomic E-state index is -4.03. The molecule has 1 N–H and O–H groups in total. The molecule has 0 bridgehead atoms. The maximum atomic E-state index is 11.4. The largest absolute Gasteiger partial charge is 0.508 e. The van der Waals surface area contributed by atoms with Crippen molar-refractivity contribution in [2.75, 3.05) is 14.2 Å². The third-order valence-electron chi connectivity index (χ3n) is 2.17. The first-order valence-electron chi connectivity index (χ1n) is 5.10. The van der Waals surface area contributed by atoms with Crippen LogP contribution in [0.15, 0.2) is 17.5 Å². The molecule has 1 aromatic rings. The number of rotatable bonds is 5. The van der Waals surface area contributed by atoms with Gasteiger partial charge in [0.25, 0.3) is 0 Å². The van der Waals surface area contributed by atoms with Gasteiger partial charge in [-0.05, 0) is 6.08 Å². The van der Waals surface area contributed by atoms with E-state index in [1.807, 2.05) is 0 Å². The number of aromatic hydroxyl groups is 1. The van der Waals surface area contributed by atoms with Crippen molar-refractivity contribution in [2.24, 2.45) is 0 Å². The predicted molar refractivity (Wildman–Crippen MR) is 74.1 cm³/mol. The lowest BCUT2D eigenvalue weighted by molar-refractivity contribution is 0.383. The van der Waals surface area contributed by atoms with E-state index in [9.17, 15) is 21.9 Å². The fourth-order valence-electron chi connectivity index (χ4n) is 1.39. The highest BCUT2D eigenvalue weighted by atomic mass is 32.2. The summed E-state index contributed by atoms with van der Waals surface area (Å²) in [6.07, 6.45) is 1.12. The maximum absolute atomic E-state index is 11.4. The van der Waals surface area contributed by atoms with Gasteiger partial charge < -0.3 is 14.6 Å². The van der Waals surface area contributed by atoms with Crippen molar-refractivity contribution in [2.45, 2.75) is 0 Å².